The van der Waals surface area contributed by atoms with E-state index in [9.17, 15) is 4.79 Å². The molecule has 0 bridgehead atoms. The Kier molecular flexibility index (Phi) is 2.92. The molecular formula is C8H17N3O. The minimum absolute atomic E-state index is 0.289. The highest BCUT2D eigenvalue weighted by molar-refractivity contribution is 5.73. The molecule has 1 aliphatic carbocycles. The average Bonchev–Trinajstić information content (AvgIpc) is 2.49. The van der Waals surface area contributed by atoms with Crippen LogP contribution in [0.4, 0.5) is 4.79 Å². The molecule has 0 heterocycles. The summed E-state index contributed by atoms with van der Waals surface area (Å²) in [5.74, 6) is 4.94. The van der Waals surface area contributed by atoms with Gasteiger partial charge in [-0.05, 0) is 18.3 Å². The van der Waals surface area contributed by atoms with Crippen LogP contribution in [0.25, 0.3) is 0 Å². The molecule has 4 heteroatoms. The Morgan fingerprint density at radius 3 is 2.58 bits per heavy atom. The number of urea groups is 1. The normalized spacial score (nSPS) is 20.5. The van der Waals surface area contributed by atoms with Crippen LogP contribution in [-0.4, -0.2) is 12.6 Å². The van der Waals surface area contributed by atoms with Crippen molar-refractivity contribution < 1.29 is 4.79 Å². The summed E-state index contributed by atoms with van der Waals surface area (Å²) in [6, 6.07) is -0.289. The van der Waals surface area contributed by atoms with E-state index in [4.69, 9.17) is 5.84 Å². The summed E-state index contributed by atoms with van der Waals surface area (Å²) in [6.45, 7) is 2.94. The molecule has 0 aromatic carbocycles. The molecule has 0 aromatic heterocycles. The van der Waals surface area contributed by atoms with Crippen molar-refractivity contribution in [3.05, 3.63) is 0 Å². The first kappa shape index (κ1) is 9.32. The number of carbonyl (C=O) groups excluding carboxylic acids is 1. The SMILES string of the molecule is CC1(CNC(=O)NN)CCCC1. The Morgan fingerprint density at radius 2 is 2.08 bits per heavy atom. The van der Waals surface area contributed by atoms with Crippen molar-refractivity contribution in [1.82, 2.24) is 10.7 Å². The lowest BCUT2D eigenvalue weighted by atomic mass is 9.89. The number of amides is 2. The van der Waals surface area contributed by atoms with Gasteiger partial charge in [0.2, 0.25) is 0 Å². The fourth-order valence-corrected chi connectivity index (χ4v) is 1.75. The van der Waals surface area contributed by atoms with Gasteiger partial charge in [-0.25, -0.2) is 10.6 Å². The molecule has 4 nitrogen and oxygen atoms in total. The molecule has 0 spiro atoms. The van der Waals surface area contributed by atoms with E-state index >= 15 is 0 Å². The second kappa shape index (κ2) is 3.76. The van der Waals surface area contributed by atoms with Gasteiger partial charge in [-0.15, -0.1) is 0 Å². The zero-order chi connectivity index (χ0) is 9.03. The lowest BCUT2D eigenvalue weighted by Gasteiger charge is -2.23. The van der Waals surface area contributed by atoms with E-state index < -0.39 is 0 Å². The van der Waals surface area contributed by atoms with Gasteiger partial charge in [0.05, 0.1) is 0 Å². The maximum Gasteiger partial charge on any atom is 0.328 e. The van der Waals surface area contributed by atoms with Gasteiger partial charge < -0.3 is 5.32 Å². The van der Waals surface area contributed by atoms with Crippen molar-refractivity contribution in [2.75, 3.05) is 6.54 Å². The summed E-state index contributed by atoms with van der Waals surface area (Å²) < 4.78 is 0. The molecule has 0 unspecified atom stereocenters. The van der Waals surface area contributed by atoms with E-state index in [1.54, 1.807) is 0 Å². The first-order chi connectivity index (χ1) is 5.66. The van der Waals surface area contributed by atoms with Gasteiger partial charge >= 0.3 is 6.03 Å². The lowest BCUT2D eigenvalue weighted by Crippen LogP contribution is -2.43. The third-order valence-electron chi connectivity index (χ3n) is 2.62. The summed E-state index contributed by atoms with van der Waals surface area (Å²) in [6.07, 6.45) is 4.97. The largest absolute Gasteiger partial charge is 0.337 e. The van der Waals surface area contributed by atoms with Gasteiger partial charge in [0.15, 0.2) is 0 Å². The van der Waals surface area contributed by atoms with Crippen LogP contribution in [0.3, 0.4) is 0 Å². The predicted molar refractivity (Wildman–Crippen MR) is 47.3 cm³/mol. The molecule has 4 N–H and O–H groups in total. The zero-order valence-electron chi connectivity index (χ0n) is 7.52. The van der Waals surface area contributed by atoms with Crippen LogP contribution < -0.4 is 16.6 Å². The van der Waals surface area contributed by atoms with Crippen molar-refractivity contribution in [3.63, 3.8) is 0 Å². The minimum Gasteiger partial charge on any atom is -0.337 e. The van der Waals surface area contributed by atoms with Gasteiger partial charge in [0, 0.05) is 6.54 Å². The molecule has 0 saturated heterocycles. The number of nitrogens with one attached hydrogen (secondary N) is 2. The molecule has 70 valence electrons. The van der Waals surface area contributed by atoms with Crippen LogP contribution in [0.1, 0.15) is 32.6 Å². The van der Waals surface area contributed by atoms with Crippen LogP contribution in [0.2, 0.25) is 0 Å². The third-order valence-corrected chi connectivity index (χ3v) is 2.62. The van der Waals surface area contributed by atoms with Crippen LogP contribution in [-0.2, 0) is 0 Å². The highest BCUT2D eigenvalue weighted by Crippen LogP contribution is 2.36. The monoisotopic (exact) mass is 171 g/mol. The first-order valence-corrected chi connectivity index (χ1v) is 4.41. The summed E-state index contributed by atoms with van der Waals surface area (Å²) in [4.78, 5) is 10.8. The molecule has 0 aliphatic heterocycles. The van der Waals surface area contributed by atoms with E-state index in [0.29, 0.717) is 5.41 Å². The summed E-state index contributed by atoms with van der Waals surface area (Å²) in [5.41, 5.74) is 2.35. The Labute approximate surface area is 72.9 Å². The standard InChI is InChI=1S/C8H17N3O/c1-8(4-2-3-5-8)6-10-7(12)11-9/h2-6,9H2,1H3,(H2,10,11,12). The Hall–Kier alpha value is -0.770. The van der Waals surface area contributed by atoms with Crippen LogP contribution in [0.5, 0.6) is 0 Å². The van der Waals surface area contributed by atoms with Gasteiger partial charge in [-0.2, -0.15) is 0 Å². The van der Waals surface area contributed by atoms with Crippen molar-refractivity contribution in [2.45, 2.75) is 32.6 Å². The molecular weight excluding hydrogens is 154 g/mol. The predicted octanol–water partition coefficient (Wildman–Crippen LogP) is 0.740. The molecule has 1 saturated carbocycles. The summed E-state index contributed by atoms with van der Waals surface area (Å²) in [7, 11) is 0. The zero-order valence-corrected chi connectivity index (χ0v) is 7.52. The second-order valence-electron chi connectivity index (χ2n) is 3.84. The van der Waals surface area contributed by atoms with Crippen LogP contribution in [0.15, 0.2) is 0 Å². The van der Waals surface area contributed by atoms with E-state index in [-0.39, 0.29) is 6.03 Å². The smallest absolute Gasteiger partial charge is 0.328 e. The van der Waals surface area contributed by atoms with Gasteiger partial charge in [0.1, 0.15) is 0 Å². The Morgan fingerprint density at radius 1 is 1.50 bits per heavy atom. The van der Waals surface area contributed by atoms with Crippen molar-refractivity contribution in [2.24, 2.45) is 11.3 Å². The molecule has 0 aromatic rings. The van der Waals surface area contributed by atoms with Crippen LogP contribution in [0, 0.1) is 5.41 Å². The minimum atomic E-state index is -0.289. The lowest BCUT2D eigenvalue weighted by molar-refractivity contribution is 0.232. The van der Waals surface area contributed by atoms with Gasteiger partial charge in [-0.1, -0.05) is 19.8 Å². The molecule has 12 heavy (non-hydrogen) atoms. The molecule has 0 atom stereocenters. The van der Waals surface area contributed by atoms with E-state index in [0.717, 1.165) is 6.54 Å². The van der Waals surface area contributed by atoms with E-state index in [1.165, 1.54) is 25.7 Å². The number of hydrogen-bond donors (Lipinski definition) is 3. The molecule has 1 rings (SSSR count). The first-order valence-electron chi connectivity index (χ1n) is 4.41. The number of rotatable bonds is 2. The van der Waals surface area contributed by atoms with Crippen molar-refractivity contribution >= 4 is 6.03 Å². The second-order valence-corrected chi connectivity index (χ2v) is 3.84. The highest BCUT2D eigenvalue weighted by Gasteiger charge is 2.28. The number of carbonyl (C=O) groups is 1. The number of hydrazine groups is 1. The van der Waals surface area contributed by atoms with Crippen molar-refractivity contribution in [1.29, 1.82) is 0 Å². The maximum atomic E-state index is 10.8. The topological polar surface area (TPSA) is 67.2 Å². The molecule has 0 radical (unpaired) electrons. The Bertz CT molecular complexity index is 164. The van der Waals surface area contributed by atoms with E-state index in [2.05, 4.69) is 17.7 Å². The van der Waals surface area contributed by atoms with E-state index in [1.807, 2.05) is 0 Å². The quantitative estimate of drug-likeness (QED) is 0.326. The fourth-order valence-electron chi connectivity index (χ4n) is 1.75. The highest BCUT2D eigenvalue weighted by atomic mass is 16.2. The summed E-state index contributed by atoms with van der Waals surface area (Å²) >= 11 is 0. The van der Waals surface area contributed by atoms with Crippen molar-refractivity contribution in [3.8, 4) is 0 Å². The van der Waals surface area contributed by atoms with Crippen LogP contribution >= 0.6 is 0 Å². The number of nitrogens with two attached hydrogens (primary N) is 1. The summed E-state index contributed by atoms with van der Waals surface area (Å²) in [5, 5.41) is 2.74. The Balaban J connectivity index is 2.25. The number of hydrogen-bond acceptors (Lipinski definition) is 2. The molecule has 2 amide bonds. The third kappa shape index (κ3) is 2.37. The maximum absolute atomic E-state index is 10.8. The van der Waals surface area contributed by atoms with Gasteiger partial charge in [-0.3, -0.25) is 5.43 Å². The fraction of sp³-hybridized carbons (Fsp3) is 0.875. The molecule has 1 aliphatic rings. The average molecular weight is 171 g/mol. The molecule has 1 fully saturated rings. The van der Waals surface area contributed by atoms with Gasteiger partial charge in [0.25, 0.3) is 0 Å².